The highest BCUT2D eigenvalue weighted by atomic mass is 35.5. The summed E-state index contributed by atoms with van der Waals surface area (Å²) in [6, 6.07) is 7.52. The van der Waals surface area contributed by atoms with Gasteiger partial charge in [-0.3, -0.25) is 25.2 Å². The minimum Gasteiger partial charge on any atom is -0.340 e. The average Bonchev–Trinajstić information content (AvgIpc) is 3.14. The maximum atomic E-state index is 12.6. The van der Waals surface area contributed by atoms with E-state index < -0.39 is 11.9 Å². The number of amides is 3. The fraction of sp³-hybridized carbons (Fsp3) is 0.381. The lowest BCUT2D eigenvalue weighted by molar-refractivity contribution is -0.124. The summed E-state index contributed by atoms with van der Waals surface area (Å²) in [7, 11) is 0. The molecule has 0 radical (unpaired) electrons. The van der Waals surface area contributed by atoms with E-state index in [4.69, 9.17) is 11.6 Å². The van der Waals surface area contributed by atoms with Crippen LogP contribution in [0.2, 0.25) is 5.02 Å². The van der Waals surface area contributed by atoms with Crippen molar-refractivity contribution >= 4 is 40.7 Å². The summed E-state index contributed by atoms with van der Waals surface area (Å²) in [4.78, 5) is 39.3. The molecule has 3 N–H and O–H groups in total. The number of hydrogen-bond donors (Lipinski definition) is 3. The first-order chi connectivity index (χ1) is 13.8. The summed E-state index contributed by atoms with van der Waals surface area (Å²) < 4.78 is 0. The molecule has 0 saturated carbocycles. The van der Waals surface area contributed by atoms with Crippen LogP contribution >= 0.6 is 22.9 Å². The molecule has 29 heavy (non-hydrogen) atoms. The molecule has 0 aliphatic heterocycles. The molecule has 0 saturated heterocycles. The lowest BCUT2D eigenvalue weighted by Gasteiger charge is -2.21. The van der Waals surface area contributed by atoms with Gasteiger partial charge < -0.3 is 5.32 Å². The van der Waals surface area contributed by atoms with Gasteiger partial charge >= 0.3 is 0 Å². The number of nitrogens with one attached hydrogen (secondary N) is 3. The van der Waals surface area contributed by atoms with Gasteiger partial charge in [-0.1, -0.05) is 25.4 Å². The second kappa shape index (κ2) is 9.41. The molecule has 0 unspecified atom stereocenters. The second-order valence-electron chi connectivity index (χ2n) is 7.41. The number of hydrogen-bond acceptors (Lipinski definition) is 4. The van der Waals surface area contributed by atoms with Crippen molar-refractivity contribution in [3.8, 4) is 0 Å². The summed E-state index contributed by atoms with van der Waals surface area (Å²) in [5.74, 6) is -1.37. The van der Waals surface area contributed by atoms with Crippen molar-refractivity contribution in [1.82, 2.24) is 16.2 Å². The third-order valence-electron chi connectivity index (χ3n) is 4.86. The zero-order chi connectivity index (χ0) is 21.0. The lowest BCUT2D eigenvalue weighted by atomic mass is 9.99. The molecular weight excluding hydrogens is 410 g/mol. The predicted octanol–water partition coefficient (Wildman–Crippen LogP) is 3.50. The minimum absolute atomic E-state index is 0.169. The van der Waals surface area contributed by atoms with Crippen LogP contribution in [0.25, 0.3) is 0 Å². The second-order valence-corrected chi connectivity index (χ2v) is 8.98. The summed E-state index contributed by atoms with van der Waals surface area (Å²) in [5, 5.41) is 3.24. The molecule has 2 aromatic rings. The van der Waals surface area contributed by atoms with Crippen molar-refractivity contribution in [1.29, 1.82) is 0 Å². The summed E-state index contributed by atoms with van der Waals surface area (Å²) >= 11 is 7.32. The molecule has 1 atom stereocenters. The van der Waals surface area contributed by atoms with Crippen LogP contribution in [0.5, 0.6) is 0 Å². The van der Waals surface area contributed by atoms with E-state index >= 15 is 0 Å². The van der Waals surface area contributed by atoms with Crippen LogP contribution in [0.1, 0.15) is 57.2 Å². The quantitative estimate of drug-likeness (QED) is 0.630. The SMILES string of the molecule is CC(C)[C@H](NC(=O)c1ccc(Cl)cc1)C(=O)NNC(=O)c1cc2c(s1)CCCC2. The van der Waals surface area contributed by atoms with E-state index in [1.807, 2.05) is 19.9 Å². The average molecular weight is 434 g/mol. The molecule has 6 nitrogen and oxygen atoms in total. The molecule has 1 aliphatic carbocycles. The Bertz CT molecular complexity index is 885. The van der Waals surface area contributed by atoms with Crippen molar-refractivity contribution < 1.29 is 14.4 Å². The van der Waals surface area contributed by atoms with Gasteiger partial charge in [0, 0.05) is 15.5 Å². The zero-order valence-electron chi connectivity index (χ0n) is 16.4. The van der Waals surface area contributed by atoms with Crippen molar-refractivity contribution in [3.63, 3.8) is 0 Å². The predicted molar refractivity (Wildman–Crippen MR) is 114 cm³/mol. The molecule has 0 fully saturated rings. The third-order valence-corrected chi connectivity index (χ3v) is 6.35. The molecule has 1 aliphatic rings. The fourth-order valence-electron chi connectivity index (χ4n) is 3.22. The summed E-state index contributed by atoms with van der Waals surface area (Å²) in [6.07, 6.45) is 4.29. The number of thiophene rings is 1. The van der Waals surface area contributed by atoms with Gasteiger partial charge in [-0.25, -0.2) is 0 Å². The standard InChI is InChI=1S/C21H24ClN3O3S/c1-12(2)18(23-19(26)13-7-9-15(22)10-8-13)21(28)25-24-20(27)17-11-14-5-3-4-6-16(14)29-17/h7-12,18H,3-6H2,1-2H3,(H,23,26)(H,24,27)(H,25,28)/t18-/m0/s1. The lowest BCUT2D eigenvalue weighted by Crippen LogP contribution is -2.54. The van der Waals surface area contributed by atoms with E-state index in [9.17, 15) is 14.4 Å². The molecule has 1 heterocycles. The number of hydrazine groups is 1. The Kier molecular flexibility index (Phi) is 6.92. The maximum Gasteiger partial charge on any atom is 0.279 e. The third kappa shape index (κ3) is 5.36. The van der Waals surface area contributed by atoms with Crippen LogP contribution < -0.4 is 16.2 Å². The number of carbonyl (C=O) groups excluding carboxylic acids is 3. The zero-order valence-corrected chi connectivity index (χ0v) is 18.0. The van der Waals surface area contributed by atoms with E-state index in [1.54, 1.807) is 24.3 Å². The molecule has 154 valence electrons. The largest absolute Gasteiger partial charge is 0.340 e. The highest BCUT2D eigenvalue weighted by molar-refractivity contribution is 7.14. The van der Waals surface area contributed by atoms with Gasteiger partial charge in [0.25, 0.3) is 17.7 Å². The molecule has 0 bridgehead atoms. The van der Waals surface area contributed by atoms with Crippen molar-refractivity contribution in [2.45, 2.75) is 45.6 Å². The Morgan fingerprint density at radius 2 is 1.69 bits per heavy atom. The van der Waals surface area contributed by atoms with Gasteiger partial charge in [0.2, 0.25) is 0 Å². The van der Waals surface area contributed by atoms with Crippen molar-refractivity contribution in [2.24, 2.45) is 5.92 Å². The van der Waals surface area contributed by atoms with E-state index in [0.717, 1.165) is 25.7 Å². The molecule has 3 amide bonds. The van der Waals surface area contributed by atoms with E-state index in [-0.39, 0.29) is 17.7 Å². The Balaban J connectivity index is 1.59. The number of halogens is 1. The summed E-state index contributed by atoms with van der Waals surface area (Å²) in [5.41, 5.74) is 6.54. The molecule has 1 aromatic heterocycles. The van der Waals surface area contributed by atoms with Crippen LogP contribution in [-0.2, 0) is 17.6 Å². The number of carbonyl (C=O) groups is 3. The Morgan fingerprint density at radius 1 is 1.00 bits per heavy atom. The van der Waals surface area contributed by atoms with Crippen LogP contribution in [0.4, 0.5) is 0 Å². The first-order valence-corrected chi connectivity index (χ1v) is 10.8. The fourth-order valence-corrected chi connectivity index (χ4v) is 4.50. The molecular formula is C21H24ClN3O3S. The van der Waals surface area contributed by atoms with Crippen LogP contribution in [0.3, 0.4) is 0 Å². The molecule has 8 heteroatoms. The van der Waals surface area contributed by atoms with E-state index in [1.165, 1.54) is 21.8 Å². The van der Waals surface area contributed by atoms with Crippen LogP contribution in [0.15, 0.2) is 30.3 Å². The Morgan fingerprint density at radius 3 is 2.34 bits per heavy atom. The van der Waals surface area contributed by atoms with Gasteiger partial charge in [-0.05, 0) is 67.5 Å². The van der Waals surface area contributed by atoms with Gasteiger partial charge in [-0.15, -0.1) is 11.3 Å². The molecule has 0 spiro atoms. The number of benzene rings is 1. The van der Waals surface area contributed by atoms with E-state index in [0.29, 0.717) is 15.5 Å². The highest BCUT2D eigenvalue weighted by Crippen LogP contribution is 2.29. The van der Waals surface area contributed by atoms with E-state index in [2.05, 4.69) is 16.2 Å². The Hall–Kier alpha value is -2.38. The smallest absolute Gasteiger partial charge is 0.279 e. The molecule has 1 aromatic carbocycles. The monoisotopic (exact) mass is 433 g/mol. The van der Waals surface area contributed by atoms with Gasteiger partial charge in [0.1, 0.15) is 6.04 Å². The topological polar surface area (TPSA) is 87.3 Å². The normalized spacial score (nSPS) is 14.1. The molecule has 3 rings (SSSR count). The first kappa shape index (κ1) is 21.3. The maximum absolute atomic E-state index is 12.6. The summed E-state index contributed by atoms with van der Waals surface area (Å²) in [6.45, 7) is 3.64. The number of aryl methyl sites for hydroxylation is 2. The van der Waals surface area contributed by atoms with Gasteiger partial charge in [0.15, 0.2) is 0 Å². The number of rotatable bonds is 5. The van der Waals surface area contributed by atoms with Crippen LogP contribution in [-0.4, -0.2) is 23.8 Å². The highest BCUT2D eigenvalue weighted by Gasteiger charge is 2.25. The van der Waals surface area contributed by atoms with Crippen molar-refractivity contribution in [3.05, 3.63) is 56.2 Å². The van der Waals surface area contributed by atoms with Gasteiger partial charge in [-0.2, -0.15) is 0 Å². The van der Waals surface area contributed by atoms with Crippen LogP contribution in [0, 0.1) is 5.92 Å². The number of fused-ring (bicyclic) bond motifs is 1. The first-order valence-electron chi connectivity index (χ1n) is 9.63. The Labute approximate surface area is 179 Å². The minimum atomic E-state index is -0.796. The van der Waals surface area contributed by atoms with Crippen molar-refractivity contribution in [2.75, 3.05) is 0 Å². The van der Waals surface area contributed by atoms with Gasteiger partial charge in [0.05, 0.1) is 4.88 Å².